The monoisotopic (exact) mass is 301 g/mol. The Hall–Kier alpha value is -1.84. The molecule has 4 heteroatoms. The van der Waals surface area contributed by atoms with Gasteiger partial charge in [0.05, 0.1) is 4.88 Å². The molecule has 0 spiro atoms. The molecule has 0 aliphatic rings. The van der Waals surface area contributed by atoms with Gasteiger partial charge in [0.15, 0.2) is 0 Å². The smallest absolute Gasteiger partial charge is 0.274 e. The minimum Gasteiger partial charge on any atom is -0.274 e. The molecule has 0 saturated carbocycles. The Kier molecular flexibility index (Phi) is 3.47. The van der Waals surface area contributed by atoms with Crippen molar-refractivity contribution in [1.29, 1.82) is 0 Å². The van der Waals surface area contributed by atoms with E-state index in [1.54, 1.807) is 16.7 Å². The first kappa shape index (κ1) is 13.2. The molecule has 0 N–H and O–H groups in total. The van der Waals surface area contributed by atoms with E-state index in [-0.39, 0.29) is 4.87 Å². The fraction of sp³-hybridized carbons (Fsp3) is 0.0625. The maximum atomic E-state index is 12.1. The van der Waals surface area contributed by atoms with Crippen molar-refractivity contribution >= 4 is 22.9 Å². The summed E-state index contributed by atoms with van der Waals surface area (Å²) in [5.74, 6) is 0. The van der Waals surface area contributed by atoms with E-state index < -0.39 is 0 Å². The molecule has 0 saturated heterocycles. The average molecular weight is 302 g/mol. The molecule has 100 valence electrons. The zero-order chi connectivity index (χ0) is 14.1. The number of rotatable bonds is 2. The molecule has 20 heavy (non-hydrogen) atoms. The molecule has 0 radical (unpaired) electrons. The Balaban J connectivity index is 2.05. The highest BCUT2D eigenvalue weighted by atomic mass is 35.5. The number of hydrogen-bond donors (Lipinski definition) is 0. The molecule has 0 unspecified atom stereocenters. The van der Waals surface area contributed by atoms with Crippen molar-refractivity contribution in [3.05, 3.63) is 75.0 Å². The highest BCUT2D eigenvalue weighted by Gasteiger charge is 2.07. The summed E-state index contributed by atoms with van der Waals surface area (Å²) in [6.07, 6.45) is 1.88. The van der Waals surface area contributed by atoms with Crippen molar-refractivity contribution in [2.45, 2.75) is 6.92 Å². The van der Waals surface area contributed by atoms with E-state index >= 15 is 0 Å². The summed E-state index contributed by atoms with van der Waals surface area (Å²) in [6.45, 7) is 2.05. The summed E-state index contributed by atoms with van der Waals surface area (Å²) in [5, 5.41) is 0.663. The van der Waals surface area contributed by atoms with Crippen LogP contribution in [0.2, 0.25) is 5.02 Å². The van der Waals surface area contributed by atoms with Gasteiger partial charge in [-0.15, -0.1) is 0 Å². The average Bonchev–Trinajstić information content (AvgIpc) is 2.82. The van der Waals surface area contributed by atoms with Crippen LogP contribution < -0.4 is 4.87 Å². The lowest BCUT2D eigenvalue weighted by atomic mass is 10.1. The normalized spacial score (nSPS) is 10.7. The highest BCUT2D eigenvalue weighted by molar-refractivity contribution is 7.12. The number of aromatic nitrogens is 1. The summed E-state index contributed by atoms with van der Waals surface area (Å²) in [5.41, 5.74) is 3.10. The fourth-order valence-corrected chi connectivity index (χ4v) is 2.96. The third-order valence-corrected chi connectivity index (χ3v) is 4.27. The molecule has 3 rings (SSSR count). The Morgan fingerprint density at radius 1 is 1.00 bits per heavy atom. The van der Waals surface area contributed by atoms with Gasteiger partial charge < -0.3 is 0 Å². The number of hydrogen-bond acceptors (Lipinski definition) is 2. The van der Waals surface area contributed by atoms with Crippen LogP contribution in [0.5, 0.6) is 0 Å². The summed E-state index contributed by atoms with van der Waals surface area (Å²) >= 11 is 7.12. The first-order chi connectivity index (χ1) is 9.63. The molecule has 1 heterocycles. The molecule has 0 aliphatic carbocycles. The minimum atomic E-state index is 0.00268. The topological polar surface area (TPSA) is 22.0 Å². The second-order valence-corrected chi connectivity index (χ2v) is 6.00. The van der Waals surface area contributed by atoms with Crippen molar-refractivity contribution in [2.24, 2.45) is 0 Å². The minimum absolute atomic E-state index is 0.00268. The number of aryl methyl sites for hydroxylation is 1. The first-order valence-electron chi connectivity index (χ1n) is 6.19. The van der Waals surface area contributed by atoms with Gasteiger partial charge in [0.1, 0.15) is 0 Å². The Morgan fingerprint density at radius 2 is 1.65 bits per heavy atom. The van der Waals surface area contributed by atoms with E-state index in [0.29, 0.717) is 5.02 Å². The number of halogens is 1. The van der Waals surface area contributed by atoms with Crippen LogP contribution in [0.25, 0.3) is 16.1 Å². The SMILES string of the molecule is Cc1ccc(-c2cn(-c3ccc(Cl)cc3)c(=O)s2)cc1. The van der Waals surface area contributed by atoms with Crippen molar-refractivity contribution in [3.8, 4) is 16.1 Å². The molecule has 2 aromatic carbocycles. The molecule has 0 atom stereocenters. The van der Waals surface area contributed by atoms with Crippen LogP contribution >= 0.6 is 22.9 Å². The van der Waals surface area contributed by atoms with Gasteiger partial charge in [-0.05, 0) is 36.8 Å². The molecular formula is C16H12ClNOS. The lowest BCUT2D eigenvalue weighted by Gasteiger charge is -2.01. The molecule has 0 fully saturated rings. The highest BCUT2D eigenvalue weighted by Crippen LogP contribution is 2.24. The molecule has 0 aliphatic heterocycles. The zero-order valence-corrected chi connectivity index (χ0v) is 12.4. The summed E-state index contributed by atoms with van der Waals surface area (Å²) in [4.78, 5) is 13.1. The van der Waals surface area contributed by atoms with Gasteiger partial charge in [-0.3, -0.25) is 9.36 Å². The lowest BCUT2D eigenvalue weighted by molar-refractivity contribution is 1.04. The zero-order valence-electron chi connectivity index (χ0n) is 10.8. The van der Waals surface area contributed by atoms with E-state index in [2.05, 4.69) is 0 Å². The number of thiazole rings is 1. The Morgan fingerprint density at radius 3 is 2.30 bits per heavy atom. The maximum Gasteiger partial charge on any atom is 0.312 e. The van der Waals surface area contributed by atoms with Crippen molar-refractivity contribution in [3.63, 3.8) is 0 Å². The van der Waals surface area contributed by atoms with Crippen LogP contribution in [-0.4, -0.2) is 4.57 Å². The molecule has 0 bridgehead atoms. The van der Waals surface area contributed by atoms with Gasteiger partial charge in [0, 0.05) is 16.9 Å². The second-order valence-electron chi connectivity index (χ2n) is 4.57. The third kappa shape index (κ3) is 2.55. The standard InChI is InChI=1S/C16H12ClNOS/c1-11-2-4-12(5-3-11)15-10-18(16(19)20-15)14-8-6-13(17)7-9-14/h2-10H,1H3. The number of nitrogens with zero attached hydrogens (tertiary/aromatic N) is 1. The Labute approximate surface area is 125 Å². The van der Waals surface area contributed by atoms with Gasteiger partial charge in [-0.25, -0.2) is 0 Å². The van der Waals surface area contributed by atoms with Gasteiger partial charge in [0.2, 0.25) is 0 Å². The van der Waals surface area contributed by atoms with Crippen molar-refractivity contribution in [2.75, 3.05) is 0 Å². The van der Waals surface area contributed by atoms with Crippen molar-refractivity contribution in [1.82, 2.24) is 4.57 Å². The number of benzene rings is 2. The maximum absolute atomic E-state index is 12.1. The largest absolute Gasteiger partial charge is 0.312 e. The molecule has 3 aromatic rings. The molecule has 0 amide bonds. The summed E-state index contributed by atoms with van der Waals surface area (Å²) < 4.78 is 1.65. The van der Waals surface area contributed by atoms with Crippen LogP contribution in [0.3, 0.4) is 0 Å². The predicted octanol–water partition coefficient (Wildman–Crippen LogP) is 4.53. The second kappa shape index (κ2) is 5.27. The van der Waals surface area contributed by atoms with Crippen LogP contribution in [0.4, 0.5) is 0 Å². The lowest BCUT2D eigenvalue weighted by Crippen LogP contribution is -2.08. The van der Waals surface area contributed by atoms with E-state index in [9.17, 15) is 4.79 Å². The van der Waals surface area contributed by atoms with Crippen LogP contribution in [0.15, 0.2) is 59.5 Å². The predicted molar refractivity (Wildman–Crippen MR) is 85.1 cm³/mol. The van der Waals surface area contributed by atoms with E-state index in [1.165, 1.54) is 16.9 Å². The van der Waals surface area contributed by atoms with Gasteiger partial charge in [0.25, 0.3) is 0 Å². The van der Waals surface area contributed by atoms with E-state index in [1.807, 2.05) is 49.5 Å². The molecule has 1 aromatic heterocycles. The van der Waals surface area contributed by atoms with Crippen molar-refractivity contribution < 1.29 is 0 Å². The van der Waals surface area contributed by atoms with Crippen LogP contribution in [-0.2, 0) is 0 Å². The summed E-state index contributed by atoms with van der Waals surface area (Å²) in [7, 11) is 0. The first-order valence-corrected chi connectivity index (χ1v) is 7.38. The molecular weight excluding hydrogens is 290 g/mol. The Bertz CT molecular complexity index is 785. The van der Waals surface area contributed by atoms with E-state index in [0.717, 1.165) is 16.1 Å². The quantitative estimate of drug-likeness (QED) is 0.682. The van der Waals surface area contributed by atoms with Crippen LogP contribution in [0.1, 0.15) is 5.56 Å². The summed E-state index contributed by atoms with van der Waals surface area (Å²) in [6, 6.07) is 15.4. The third-order valence-electron chi connectivity index (χ3n) is 3.08. The molecule has 2 nitrogen and oxygen atoms in total. The fourth-order valence-electron chi connectivity index (χ4n) is 1.97. The van der Waals surface area contributed by atoms with Crippen LogP contribution in [0, 0.1) is 6.92 Å². The van der Waals surface area contributed by atoms with Gasteiger partial charge in [-0.2, -0.15) is 0 Å². The van der Waals surface area contributed by atoms with Gasteiger partial charge >= 0.3 is 4.87 Å². The van der Waals surface area contributed by atoms with E-state index in [4.69, 9.17) is 11.6 Å². The van der Waals surface area contributed by atoms with Gasteiger partial charge in [-0.1, -0.05) is 52.8 Å².